The summed E-state index contributed by atoms with van der Waals surface area (Å²) in [6, 6.07) is 7.07. The minimum Gasteiger partial charge on any atom is -0.494 e. The van der Waals surface area contributed by atoms with Crippen molar-refractivity contribution in [2.75, 3.05) is 18.1 Å². The van der Waals surface area contributed by atoms with Gasteiger partial charge in [-0.1, -0.05) is 12.1 Å². The van der Waals surface area contributed by atoms with E-state index >= 15 is 0 Å². The number of amides is 1. The molecule has 0 spiro atoms. The Balaban J connectivity index is 2.10. The number of carbonyl (C=O) groups excluding carboxylic acids is 2. The SMILES string of the molecule is CCOc1cccc(C(=O)/C=C\c2csc(N(CC)C(C)=O)n2)c1. The number of thiazole rings is 1. The van der Waals surface area contributed by atoms with E-state index in [1.165, 1.54) is 24.3 Å². The highest BCUT2D eigenvalue weighted by Crippen LogP contribution is 2.21. The van der Waals surface area contributed by atoms with Crippen molar-refractivity contribution in [2.24, 2.45) is 0 Å². The number of ether oxygens (including phenoxy) is 1. The molecular weight excluding hydrogens is 324 g/mol. The molecule has 126 valence electrons. The second-order valence-electron chi connectivity index (χ2n) is 4.98. The van der Waals surface area contributed by atoms with Crippen LogP contribution in [0.2, 0.25) is 0 Å². The average Bonchev–Trinajstić information content (AvgIpc) is 3.02. The second kappa shape index (κ2) is 8.40. The van der Waals surface area contributed by atoms with Crippen LogP contribution >= 0.6 is 11.3 Å². The van der Waals surface area contributed by atoms with Crippen molar-refractivity contribution in [3.8, 4) is 5.75 Å². The lowest BCUT2D eigenvalue weighted by Gasteiger charge is -2.14. The normalized spacial score (nSPS) is 10.8. The van der Waals surface area contributed by atoms with Gasteiger partial charge in [-0.15, -0.1) is 11.3 Å². The van der Waals surface area contributed by atoms with E-state index in [1.54, 1.807) is 29.2 Å². The van der Waals surface area contributed by atoms with Crippen LogP contribution in [0, 0.1) is 0 Å². The first-order valence-corrected chi connectivity index (χ1v) is 8.62. The number of nitrogens with zero attached hydrogens (tertiary/aromatic N) is 2. The Bertz CT molecular complexity index is 752. The lowest BCUT2D eigenvalue weighted by molar-refractivity contribution is -0.116. The van der Waals surface area contributed by atoms with Crippen LogP contribution in [0.3, 0.4) is 0 Å². The molecule has 0 aliphatic carbocycles. The highest BCUT2D eigenvalue weighted by Gasteiger charge is 2.12. The van der Waals surface area contributed by atoms with Crippen molar-refractivity contribution in [1.82, 2.24) is 4.98 Å². The Morgan fingerprint density at radius 1 is 1.33 bits per heavy atom. The van der Waals surface area contributed by atoms with Gasteiger partial charge in [-0.05, 0) is 38.1 Å². The van der Waals surface area contributed by atoms with Crippen LogP contribution in [-0.4, -0.2) is 29.8 Å². The van der Waals surface area contributed by atoms with E-state index in [9.17, 15) is 9.59 Å². The summed E-state index contributed by atoms with van der Waals surface area (Å²) in [5.41, 5.74) is 1.22. The van der Waals surface area contributed by atoms with E-state index in [0.29, 0.717) is 35.3 Å². The minimum absolute atomic E-state index is 0.0498. The van der Waals surface area contributed by atoms with Crippen molar-refractivity contribution < 1.29 is 14.3 Å². The van der Waals surface area contributed by atoms with Gasteiger partial charge < -0.3 is 4.74 Å². The largest absolute Gasteiger partial charge is 0.494 e. The van der Waals surface area contributed by atoms with Crippen LogP contribution in [0.4, 0.5) is 5.13 Å². The Hall–Kier alpha value is -2.47. The van der Waals surface area contributed by atoms with Gasteiger partial charge in [-0.3, -0.25) is 14.5 Å². The van der Waals surface area contributed by atoms with E-state index in [4.69, 9.17) is 4.74 Å². The van der Waals surface area contributed by atoms with Gasteiger partial charge in [-0.25, -0.2) is 4.98 Å². The van der Waals surface area contributed by atoms with Gasteiger partial charge >= 0.3 is 0 Å². The predicted octanol–water partition coefficient (Wildman–Crippen LogP) is 3.81. The number of allylic oxidation sites excluding steroid dienone is 1. The molecule has 0 aliphatic rings. The summed E-state index contributed by atoms with van der Waals surface area (Å²) in [7, 11) is 0. The first-order valence-electron chi connectivity index (χ1n) is 7.74. The molecule has 0 saturated carbocycles. The third-order valence-corrected chi connectivity index (χ3v) is 4.15. The third kappa shape index (κ3) is 4.52. The van der Waals surface area contributed by atoms with Gasteiger partial charge in [0, 0.05) is 24.4 Å². The summed E-state index contributed by atoms with van der Waals surface area (Å²) >= 11 is 1.38. The van der Waals surface area contributed by atoms with Gasteiger partial charge in [-0.2, -0.15) is 0 Å². The van der Waals surface area contributed by atoms with E-state index in [0.717, 1.165) is 0 Å². The van der Waals surface area contributed by atoms with Gasteiger partial charge in [0.2, 0.25) is 5.91 Å². The number of hydrogen-bond donors (Lipinski definition) is 0. The summed E-state index contributed by atoms with van der Waals surface area (Å²) in [6.45, 7) is 6.42. The van der Waals surface area contributed by atoms with Gasteiger partial charge in [0.25, 0.3) is 0 Å². The fourth-order valence-corrected chi connectivity index (χ4v) is 3.03. The predicted molar refractivity (Wildman–Crippen MR) is 96.8 cm³/mol. The average molecular weight is 344 g/mol. The summed E-state index contributed by atoms with van der Waals surface area (Å²) in [5, 5.41) is 2.46. The van der Waals surface area contributed by atoms with Crippen LogP contribution in [0.1, 0.15) is 36.8 Å². The summed E-state index contributed by atoms with van der Waals surface area (Å²) < 4.78 is 5.40. The number of benzene rings is 1. The molecule has 1 amide bonds. The smallest absolute Gasteiger partial charge is 0.225 e. The molecule has 0 radical (unpaired) electrons. The Labute approximate surface area is 145 Å². The third-order valence-electron chi connectivity index (χ3n) is 3.27. The van der Waals surface area contributed by atoms with Crippen molar-refractivity contribution in [3.63, 3.8) is 0 Å². The molecule has 1 aromatic carbocycles. The zero-order valence-electron chi connectivity index (χ0n) is 14.0. The van der Waals surface area contributed by atoms with Crippen molar-refractivity contribution in [3.05, 3.63) is 47.0 Å². The molecule has 6 heteroatoms. The molecule has 5 nitrogen and oxygen atoms in total. The Morgan fingerprint density at radius 2 is 2.12 bits per heavy atom. The molecule has 0 fully saturated rings. The van der Waals surface area contributed by atoms with Gasteiger partial charge in [0.15, 0.2) is 10.9 Å². The van der Waals surface area contributed by atoms with Crippen molar-refractivity contribution in [2.45, 2.75) is 20.8 Å². The quantitative estimate of drug-likeness (QED) is 0.566. The van der Waals surface area contributed by atoms with Crippen LogP contribution in [0.25, 0.3) is 6.08 Å². The lowest BCUT2D eigenvalue weighted by atomic mass is 10.1. The van der Waals surface area contributed by atoms with Gasteiger partial charge in [0.1, 0.15) is 5.75 Å². The topological polar surface area (TPSA) is 59.5 Å². The molecule has 0 atom stereocenters. The van der Waals surface area contributed by atoms with E-state index in [-0.39, 0.29) is 11.7 Å². The van der Waals surface area contributed by atoms with Crippen LogP contribution < -0.4 is 9.64 Å². The monoisotopic (exact) mass is 344 g/mol. The molecule has 2 rings (SSSR count). The molecule has 1 aromatic heterocycles. The summed E-state index contributed by atoms with van der Waals surface area (Å²) in [5.74, 6) is 0.504. The highest BCUT2D eigenvalue weighted by molar-refractivity contribution is 7.14. The Morgan fingerprint density at radius 3 is 2.79 bits per heavy atom. The van der Waals surface area contributed by atoms with Crippen LogP contribution in [-0.2, 0) is 4.79 Å². The number of carbonyl (C=O) groups is 2. The maximum absolute atomic E-state index is 12.2. The highest BCUT2D eigenvalue weighted by atomic mass is 32.1. The van der Waals surface area contributed by atoms with Crippen LogP contribution in [0.5, 0.6) is 5.75 Å². The summed E-state index contributed by atoms with van der Waals surface area (Å²) in [4.78, 5) is 29.7. The van der Waals surface area contributed by atoms with Crippen molar-refractivity contribution >= 4 is 34.2 Å². The number of hydrogen-bond acceptors (Lipinski definition) is 5. The lowest BCUT2D eigenvalue weighted by Crippen LogP contribution is -2.27. The first kappa shape index (κ1) is 17.9. The molecule has 0 bridgehead atoms. The molecule has 0 saturated heterocycles. The molecule has 24 heavy (non-hydrogen) atoms. The summed E-state index contributed by atoms with van der Waals surface area (Å²) in [6.07, 6.45) is 3.14. The van der Waals surface area contributed by atoms with E-state index in [2.05, 4.69) is 4.98 Å². The number of aromatic nitrogens is 1. The zero-order valence-corrected chi connectivity index (χ0v) is 14.8. The molecule has 0 N–H and O–H groups in total. The zero-order chi connectivity index (χ0) is 17.5. The fourth-order valence-electron chi connectivity index (χ4n) is 2.13. The molecule has 1 heterocycles. The molecule has 0 aliphatic heterocycles. The van der Waals surface area contributed by atoms with Gasteiger partial charge in [0.05, 0.1) is 12.3 Å². The number of ketones is 1. The standard InChI is InChI=1S/C18H20N2O3S/c1-4-20(13(3)21)18-19-15(12-24-18)9-10-17(22)14-7-6-8-16(11-14)23-5-2/h6-12H,4-5H2,1-3H3/b10-9-. The van der Waals surface area contributed by atoms with E-state index in [1.807, 2.05) is 25.3 Å². The van der Waals surface area contributed by atoms with E-state index < -0.39 is 0 Å². The molecular formula is C18H20N2O3S. The fraction of sp³-hybridized carbons (Fsp3) is 0.278. The number of anilines is 1. The number of rotatable bonds is 7. The maximum Gasteiger partial charge on any atom is 0.225 e. The second-order valence-corrected chi connectivity index (χ2v) is 5.81. The Kier molecular flexibility index (Phi) is 6.26. The maximum atomic E-state index is 12.2. The minimum atomic E-state index is -0.120. The van der Waals surface area contributed by atoms with Crippen LogP contribution in [0.15, 0.2) is 35.7 Å². The van der Waals surface area contributed by atoms with Crippen molar-refractivity contribution in [1.29, 1.82) is 0 Å². The molecule has 2 aromatic rings. The first-order chi connectivity index (χ1) is 11.5. The molecule has 0 unspecified atom stereocenters.